The van der Waals surface area contributed by atoms with Crippen LogP contribution in [0, 0.1) is 11.6 Å². The van der Waals surface area contributed by atoms with Gasteiger partial charge in [-0.05, 0) is 12.1 Å². The molecule has 0 unspecified atom stereocenters. The lowest BCUT2D eigenvalue weighted by molar-refractivity contribution is 0.583. The third kappa shape index (κ3) is 3.19. The number of benzene rings is 1. The molecule has 0 saturated heterocycles. The van der Waals surface area contributed by atoms with Crippen molar-refractivity contribution >= 4 is 12.0 Å². The van der Waals surface area contributed by atoms with E-state index in [1.807, 2.05) is 0 Å². The molecule has 0 atom stereocenters. The predicted octanol–water partition coefficient (Wildman–Crippen LogP) is 2.19. The van der Waals surface area contributed by atoms with E-state index in [1.54, 1.807) is 19.0 Å². The quantitative estimate of drug-likeness (QED) is 0.508. The van der Waals surface area contributed by atoms with Gasteiger partial charge in [-0.15, -0.1) is 0 Å². The van der Waals surface area contributed by atoms with E-state index in [0.717, 1.165) is 6.07 Å². The molecule has 1 rings (SSSR count). The molecule has 4 heteroatoms. The molecule has 13 heavy (non-hydrogen) atoms. The standard InChI is InChI=1S/C9H10F2N2/c1-13(2)6-12-9-4-7(10)3-8(11)5-9/h3-6H,1-2H3. The van der Waals surface area contributed by atoms with Crippen LogP contribution in [0.2, 0.25) is 0 Å². The summed E-state index contributed by atoms with van der Waals surface area (Å²) in [5.41, 5.74) is 0.270. The van der Waals surface area contributed by atoms with E-state index in [0.29, 0.717) is 0 Å². The molecule has 0 aromatic heterocycles. The second-order valence-electron chi connectivity index (χ2n) is 2.84. The highest BCUT2D eigenvalue weighted by atomic mass is 19.1. The van der Waals surface area contributed by atoms with E-state index in [1.165, 1.54) is 18.5 Å². The van der Waals surface area contributed by atoms with Crippen LogP contribution in [0.3, 0.4) is 0 Å². The first-order valence-electron chi connectivity index (χ1n) is 3.74. The van der Waals surface area contributed by atoms with Crippen LogP contribution in [0.1, 0.15) is 0 Å². The molecule has 1 aromatic rings. The average Bonchev–Trinajstić information content (AvgIpc) is 1.99. The Morgan fingerprint density at radius 1 is 1.15 bits per heavy atom. The molecule has 0 amide bonds. The van der Waals surface area contributed by atoms with Crippen molar-refractivity contribution < 1.29 is 8.78 Å². The third-order valence-corrected chi connectivity index (χ3v) is 1.29. The van der Waals surface area contributed by atoms with Crippen molar-refractivity contribution in [3.05, 3.63) is 29.8 Å². The maximum atomic E-state index is 12.6. The lowest BCUT2D eigenvalue weighted by atomic mass is 10.3. The Hall–Kier alpha value is -1.45. The summed E-state index contributed by atoms with van der Waals surface area (Å²) in [5, 5.41) is 0. The van der Waals surface area contributed by atoms with Gasteiger partial charge in [0.25, 0.3) is 0 Å². The molecular weight excluding hydrogens is 174 g/mol. The summed E-state index contributed by atoms with van der Waals surface area (Å²) in [6.07, 6.45) is 1.48. The van der Waals surface area contributed by atoms with E-state index < -0.39 is 11.6 Å². The van der Waals surface area contributed by atoms with Crippen molar-refractivity contribution in [2.24, 2.45) is 4.99 Å². The molecule has 0 aliphatic rings. The molecule has 0 aliphatic heterocycles. The Morgan fingerprint density at radius 2 is 1.69 bits per heavy atom. The number of aliphatic imine (C=N–C) groups is 1. The van der Waals surface area contributed by atoms with Gasteiger partial charge in [0.15, 0.2) is 0 Å². The fourth-order valence-corrected chi connectivity index (χ4v) is 0.796. The van der Waals surface area contributed by atoms with E-state index >= 15 is 0 Å². The van der Waals surface area contributed by atoms with Gasteiger partial charge in [0.2, 0.25) is 0 Å². The van der Waals surface area contributed by atoms with Crippen LogP contribution in [0.15, 0.2) is 23.2 Å². The van der Waals surface area contributed by atoms with Gasteiger partial charge < -0.3 is 4.90 Å². The van der Waals surface area contributed by atoms with Crippen molar-refractivity contribution in [1.82, 2.24) is 4.90 Å². The van der Waals surface area contributed by atoms with Crippen LogP contribution in [0.4, 0.5) is 14.5 Å². The summed E-state index contributed by atoms with van der Waals surface area (Å²) >= 11 is 0. The summed E-state index contributed by atoms with van der Waals surface area (Å²) in [4.78, 5) is 5.53. The zero-order chi connectivity index (χ0) is 9.84. The second-order valence-corrected chi connectivity index (χ2v) is 2.84. The first-order valence-corrected chi connectivity index (χ1v) is 3.74. The number of halogens is 2. The Labute approximate surface area is 75.5 Å². The zero-order valence-electron chi connectivity index (χ0n) is 7.46. The van der Waals surface area contributed by atoms with Crippen molar-refractivity contribution in [3.8, 4) is 0 Å². The fourth-order valence-electron chi connectivity index (χ4n) is 0.796. The van der Waals surface area contributed by atoms with E-state index in [9.17, 15) is 8.78 Å². The summed E-state index contributed by atoms with van der Waals surface area (Å²) < 4.78 is 25.2. The van der Waals surface area contributed by atoms with Crippen LogP contribution in [0.5, 0.6) is 0 Å². The van der Waals surface area contributed by atoms with Crippen molar-refractivity contribution in [1.29, 1.82) is 0 Å². The Balaban J connectivity index is 2.89. The van der Waals surface area contributed by atoms with Gasteiger partial charge in [0.1, 0.15) is 11.6 Å². The van der Waals surface area contributed by atoms with E-state index in [2.05, 4.69) is 4.99 Å². The fraction of sp³-hybridized carbons (Fsp3) is 0.222. The molecule has 0 spiro atoms. The number of rotatable bonds is 2. The second kappa shape index (κ2) is 3.98. The first-order chi connectivity index (χ1) is 6.08. The van der Waals surface area contributed by atoms with Crippen molar-refractivity contribution in [3.63, 3.8) is 0 Å². The average molecular weight is 184 g/mol. The van der Waals surface area contributed by atoms with Crippen molar-refractivity contribution in [2.45, 2.75) is 0 Å². The SMILES string of the molecule is CN(C)C=Nc1cc(F)cc(F)c1. The third-order valence-electron chi connectivity index (χ3n) is 1.29. The Kier molecular flexibility index (Phi) is 2.95. The Bertz CT molecular complexity index is 301. The maximum absolute atomic E-state index is 12.6. The minimum atomic E-state index is -0.620. The van der Waals surface area contributed by atoms with Crippen LogP contribution in [0.25, 0.3) is 0 Å². The van der Waals surface area contributed by atoms with Gasteiger partial charge in [-0.2, -0.15) is 0 Å². The maximum Gasteiger partial charge on any atom is 0.128 e. The highest BCUT2D eigenvalue weighted by Crippen LogP contribution is 2.15. The Morgan fingerprint density at radius 3 is 2.15 bits per heavy atom. The van der Waals surface area contributed by atoms with Crippen molar-refractivity contribution in [2.75, 3.05) is 14.1 Å². The molecule has 70 valence electrons. The zero-order valence-corrected chi connectivity index (χ0v) is 7.46. The van der Waals surface area contributed by atoms with Gasteiger partial charge in [-0.1, -0.05) is 0 Å². The summed E-state index contributed by atoms with van der Waals surface area (Å²) in [7, 11) is 3.55. The smallest absolute Gasteiger partial charge is 0.128 e. The minimum absolute atomic E-state index is 0.270. The lowest BCUT2D eigenvalue weighted by Crippen LogP contribution is -2.06. The van der Waals surface area contributed by atoms with Crippen LogP contribution < -0.4 is 0 Å². The molecule has 0 heterocycles. The van der Waals surface area contributed by atoms with Gasteiger partial charge in [0, 0.05) is 20.2 Å². The normalized spacial score (nSPS) is 10.8. The lowest BCUT2D eigenvalue weighted by Gasteiger charge is -2.02. The highest BCUT2D eigenvalue weighted by molar-refractivity contribution is 5.60. The molecule has 0 saturated carbocycles. The van der Waals surface area contributed by atoms with Crippen LogP contribution in [-0.4, -0.2) is 25.3 Å². The molecule has 0 fully saturated rings. The first kappa shape index (κ1) is 9.64. The molecular formula is C9H10F2N2. The number of hydrogen-bond acceptors (Lipinski definition) is 1. The van der Waals surface area contributed by atoms with Gasteiger partial charge in [-0.3, -0.25) is 0 Å². The monoisotopic (exact) mass is 184 g/mol. The van der Waals surface area contributed by atoms with Crippen LogP contribution in [-0.2, 0) is 0 Å². The number of hydrogen-bond donors (Lipinski definition) is 0. The van der Waals surface area contributed by atoms with Gasteiger partial charge >= 0.3 is 0 Å². The topological polar surface area (TPSA) is 15.6 Å². The minimum Gasteiger partial charge on any atom is -0.369 e. The van der Waals surface area contributed by atoms with Crippen LogP contribution >= 0.6 is 0 Å². The number of nitrogens with zero attached hydrogens (tertiary/aromatic N) is 2. The summed E-state index contributed by atoms with van der Waals surface area (Å²) in [5.74, 6) is -1.24. The molecule has 0 aliphatic carbocycles. The summed E-state index contributed by atoms with van der Waals surface area (Å²) in [6.45, 7) is 0. The molecule has 0 radical (unpaired) electrons. The van der Waals surface area contributed by atoms with Gasteiger partial charge in [0.05, 0.1) is 12.0 Å². The summed E-state index contributed by atoms with van der Waals surface area (Å²) in [6, 6.07) is 3.15. The van der Waals surface area contributed by atoms with E-state index in [-0.39, 0.29) is 5.69 Å². The van der Waals surface area contributed by atoms with Gasteiger partial charge in [-0.25, -0.2) is 13.8 Å². The van der Waals surface area contributed by atoms with E-state index in [4.69, 9.17) is 0 Å². The predicted molar refractivity (Wildman–Crippen MR) is 48.2 cm³/mol. The largest absolute Gasteiger partial charge is 0.369 e. The molecule has 0 bridgehead atoms. The molecule has 2 nitrogen and oxygen atoms in total. The highest BCUT2D eigenvalue weighted by Gasteiger charge is 1.97. The molecule has 0 N–H and O–H groups in total. The molecule has 1 aromatic carbocycles.